The molecule has 0 saturated heterocycles. The van der Waals surface area contributed by atoms with E-state index in [-0.39, 0.29) is 17.8 Å². The van der Waals surface area contributed by atoms with E-state index in [1.165, 1.54) is 30.3 Å². The van der Waals surface area contributed by atoms with Crippen LogP contribution in [0, 0.1) is 0 Å². The highest BCUT2D eigenvalue weighted by Gasteiger charge is 2.32. The second kappa shape index (κ2) is 5.87. The third-order valence-electron chi connectivity index (χ3n) is 2.89. The molecule has 0 amide bonds. The Hall–Kier alpha value is -2.50. The monoisotopic (exact) mass is 295 g/mol. The first-order valence-electron chi connectivity index (χ1n) is 6.10. The average molecular weight is 295 g/mol. The zero-order valence-corrected chi connectivity index (χ0v) is 10.8. The largest absolute Gasteiger partial charge is 0.478 e. The van der Waals surface area contributed by atoms with E-state index in [9.17, 15) is 18.0 Å². The summed E-state index contributed by atoms with van der Waals surface area (Å²) in [6.07, 6.45) is -4.44. The molecule has 0 aliphatic carbocycles. The Kier molecular flexibility index (Phi) is 4.16. The normalized spacial score (nSPS) is 11.2. The van der Waals surface area contributed by atoms with Crippen LogP contribution in [0.1, 0.15) is 21.5 Å². The zero-order chi connectivity index (χ0) is 15.5. The van der Waals surface area contributed by atoms with Gasteiger partial charge < -0.3 is 10.4 Å². The molecule has 2 aromatic rings. The molecule has 0 fully saturated rings. The Morgan fingerprint density at radius 1 is 1.10 bits per heavy atom. The van der Waals surface area contributed by atoms with Crippen LogP contribution in [-0.2, 0) is 12.7 Å². The van der Waals surface area contributed by atoms with Gasteiger partial charge in [0.15, 0.2) is 0 Å². The summed E-state index contributed by atoms with van der Waals surface area (Å²) in [6.45, 7) is 0.105. The molecule has 0 bridgehead atoms. The van der Waals surface area contributed by atoms with Crippen molar-refractivity contribution in [2.75, 3.05) is 5.32 Å². The molecule has 0 heterocycles. The highest BCUT2D eigenvalue weighted by Crippen LogP contribution is 2.34. The lowest BCUT2D eigenvalue weighted by Crippen LogP contribution is -2.10. The predicted molar refractivity (Wildman–Crippen MR) is 72.2 cm³/mol. The summed E-state index contributed by atoms with van der Waals surface area (Å²) in [5.41, 5.74) is -0.101. The summed E-state index contributed by atoms with van der Waals surface area (Å²) >= 11 is 0. The van der Waals surface area contributed by atoms with Crippen molar-refractivity contribution in [1.29, 1.82) is 0 Å². The Bertz CT molecular complexity index is 653. The van der Waals surface area contributed by atoms with Crippen molar-refractivity contribution in [2.45, 2.75) is 12.7 Å². The first kappa shape index (κ1) is 14.9. The average Bonchev–Trinajstić information content (AvgIpc) is 2.45. The van der Waals surface area contributed by atoms with Gasteiger partial charge in [-0.05, 0) is 29.8 Å². The van der Waals surface area contributed by atoms with Crippen LogP contribution in [0.15, 0.2) is 48.5 Å². The van der Waals surface area contributed by atoms with Crippen LogP contribution in [0.25, 0.3) is 0 Å². The molecule has 21 heavy (non-hydrogen) atoms. The molecule has 0 saturated carbocycles. The number of hydrogen-bond donors (Lipinski definition) is 2. The third kappa shape index (κ3) is 3.75. The number of halogens is 3. The summed E-state index contributed by atoms with van der Waals surface area (Å²) in [7, 11) is 0. The topological polar surface area (TPSA) is 49.3 Å². The van der Waals surface area contributed by atoms with Crippen LogP contribution in [0.4, 0.5) is 18.9 Å². The molecule has 0 radical (unpaired) electrons. The number of benzene rings is 2. The number of anilines is 1. The Labute approximate surface area is 119 Å². The number of para-hydroxylation sites is 1. The fourth-order valence-electron chi connectivity index (χ4n) is 1.90. The van der Waals surface area contributed by atoms with Crippen molar-refractivity contribution in [3.63, 3.8) is 0 Å². The molecule has 6 heteroatoms. The van der Waals surface area contributed by atoms with Crippen molar-refractivity contribution in [3.05, 3.63) is 65.2 Å². The van der Waals surface area contributed by atoms with Crippen LogP contribution in [0.2, 0.25) is 0 Å². The van der Waals surface area contributed by atoms with Gasteiger partial charge in [-0.25, -0.2) is 4.79 Å². The second-order valence-corrected chi connectivity index (χ2v) is 4.40. The minimum atomic E-state index is -4.44. The second-order valence-electron chi connectivity index (χ2n) is 4.40. The lowest BCUT2D eigenvalue weighted by atomic mass is 10.1. The number of alkyl halides is 3. The molecule has 0 aliphatic heterocycles. The maximum Gasteiger partial charge on any atom is 0.418 e. The number of carboxylic acids is 1. The lowest BCUT2D eigenvalue weighted by Gasteiger charge is -2.14. The maximum absolute atomic E-state index is 12.8. The molecular formula is C15H12F3NO2. The van der Waals surface area contributed by atoms with Gasteiger partial charge in [-0.1, -0.05) is 24.3 Å². The van der Waals surface area contributed by atoms with Crippen molar-refractivity contribution < 1.29 is 23.1 Å². The predicted octanol–water partition coefficient (Wildman–Crippen LogP) is 4.02. The molecule has 2 rings (SSSR count). The molecule has 0 atom stereocenters. The number of hydrogen-bond acceptors (Lipinski definition) is 2. The van der Waals surface area contributed by atoms with E-state index in [2.05, 4.69) is 5.32 Å². The van der Waals surface area contributed by atoms with Crippen LogP contribution in [0.5, 0.6) is 0 Å². The number of nitrogens with one attached hydrogen (secondary N) is 1. The Morgan fingerprint density at radius 3 is 2.48 bits per heavy atom. The third-order valence-corrected chi connectivity index (χ3v) is 2.89. The van der Waals surface area contributed by atoms with Crippen LogP contribution >= 0.6 is 0 Å². The molecule has 2 aromatic carbocycles. The van der Waals surface area contributed by atoms with E-state index in [1.807, 2.05) is 0 Å². The van der Waals surface area contributed by atoms with Gasteiger partial charge in [-0.2, -0.15) is 13.2 Å². The van der Waals surface area contributed by atoms with E-state index in [0.29, 0.717) is 5.56 Å². The van der Waals surface area contributed by atoms with Crippen LogP contribution in [-0.4, -0.2) is 11.1 Å². The van der Waals surface area contributed by atoms with Gasteiger partial charge in [0.25, 0.3) is 0 Å². The van der Waals surface area contributed by atoms with Gasteiger partial charge in [-0.15, -0.1) is 0 Å². The SMILES string of the molecule is O=C(O)c1cccc(CNc2ccccc2C(F)(F)F)c1. The summed E-state index contributed by atoms with van der Waals surface area (Å²) < 4.78 is 38.5. The molecular weight excluding hydrogens is 283 g/mol. The molecule has 0 aromatic heterocycles. The Morgan fingerprint density at radius 2 is 1.81 bits per heavy atom. The maximum atomic E-state index is 12.8. The number of carbonyl (C=O) groups is 1. The van der Waals surface area contributed by atoms with Gasteiger partial charge in [0.2, 0.25) is 0 Å². The van der Waals surface area contributed by atoms with Gasteiger partial charge >= 0.3 is 12.1 Å². The fraction of sp³-hybridized carbons (Fsp3) is 0.133. The molecule has 0 spiro atoms. The van der Waals surface area contributed by atoms with E-state index < -0.39 is 17.7 Å². The Balaban J connectivity index is 2.17. The summed E-state index contributed by atoms with van der Waals surface area (Å²) in [5, 5.41) is 11.6. The van der Waals surface area contributed by atoms with E-state index in [1.54, 1.807) is 12.1 Å². The van der Waals surface area contributed by atoms with Crippen molar-refractivity contribution in [2.24, 2.45) is 0 Å². The lowest BCUT2D eigenvalue weighted by molar-refractivity contribution is -0.137. The van der Waals surface area contributed by atoms with E-state index >= 15 is 0 Å². The first-order valence-corrected chi connectivity index (χ1v) is 6.10. The van der Waals surface area contributed by atoms with Crippen molar-refractivity contribution in [1.82, 2.24) is 0 Å². The highest BCUT2D eigenvalue weighted by molar-refractivity contribution is 5.87. The molecule has 2 N–H and O–H groups in total. The fourth-order valence-corrected chi connectivity index (χ4v) is 1.90. The molecule has 0 aliphatic rings. The smallest absolute Gasteiger partial charge is 0.418 e. The summed E-state index contributed by atoms with van der Waals surface area (Å²) in [4.78, 5) is 10.8. The molecule has 0 unspecified atom stereocenters. The van der Waals surface area contributed by atoms with Gasteiger partial charge in [-0.3, -0.25) is 0 Å². The summed E-state index contributed by atoms with van der Waals surface area (Å²) in [6, 6.07) is 11.2. The zero-order valence-electron chi connectivity index (χ0n) is 10.8. The molecule has 110 valence electrons. The van der Waals surface area contributed by atoms with Gasteiger partial charge in [0.1, 0.15) is 0 Å². The molecule has 3 nitrogen and oxygen atoms in total. The van der Waals surface area contributed by atoms with Crippen molar-refractivity contribution in [3.8, 4) is 0 Å². The van der Waals surface area contributed by atoms with E-state index in [0.717, 1.165) is 6.07 Å². The van der Waals surface area contributed by atoms with Crippen LogP contribution in [0.3, 0.4) is 0 Å². The van der Waals surface area contributed by atoms with Crippen LogP contribution < -0.4 is 5.32 Å². The minimum absolute atomic E-state index is 0.0364. The first-order chi connectivity index (χ1) is 9.88. The number of aromatic carboxylic acids is 1. The van der Waals surface area contributed by atoms with Crippen molar-refractivity contribution >= 4 is 11.7 Å². The quantitative estimate of drug-likeness (QED) is 0.895. The number of rotatable bonds is 4. The van der Waals surface area contributed by atoms with Gasteiger partial charge in [0.05, 0.1) is 11.1 Å². The number of carboxylic acid groups (broad SMARTS) is 1. The summed E-state index contributed by atoms with van der Waals surface area (Å²) in [5.74, 6) is -1.08. The van der Waals surface area contributed by atoms with E-state index in [4.69, 9.17) is 5.11 Å². The minimum Gasteiger partial charge on any atom is -0.478 e. The van der Waals surface area contributed by atoms with Gasteiger partial charge in [0, 0.05) is 12.2 Å². The highest BCUT2D eigenvalue weighted by atomic mass is 19.4. The standard InChI is InChI=1S/C15H12F3NO2/c16-15(17,18)12-6-1-2-7-13(12)19-9-10-4-3-5-11(8-10)14(20)21/h1-8,19H,9H2,(H,20,21).